The Morgan fingerprint density at radius 3 is 2.56 bits per heavy atom. The average Bonchev–Trinajstić information content (AvgIpc) is 2.40. The predicted molar refractivity (Wildman–Crippen MR) is 78.4 cm³/mol. The van der Waals surface area contributed by atoms with E-state index in [9.17, 15) is 0 Å². The van der Waals surface area contributed by atoms with E-state index in [1.54, 1.807) is 7.11 Å². The van der Waals surface area contributed by atoms with Crippen molar-refractivity contribution in [1.29, 1.82) is 0 Å². The molecule has 0 bridgehead atoms. The van der Waals surface area contributed by atoms with E-state index in [-0.39, 0.29) is 5.41 Å². The Bertz CT molecular complexity index is 364. The van der Waals surface area contributed by atoms with E-state index in [1.165, 1.54) is 12.0 Å². The molecule has 1 aromatic carbocycles. The highest BCUT2D eigenvalue weighted by molar-refractivity contribution is 5.32. The summed E-state index contributed by atoms with van der Waals surface area (Å²) in [5.41, 5.74) is 1.67. The highest BCUT2D eigenvalue weighted by atomic mass is 16.5. The first kappa shape index (κ1) is 15.0. The van der Waals surface area contributed by atoms with Gasteiger partial charge in [-0.2, -0.15) is 0 Å². The molecule has 1 N–H and O–H groups in total. The molecule has 0 aromatic heterocycles. The molecule has 0 heterocycles. The van der Waals surface area contributed by atoms with E-state index in [4.69, 9.17) is 4.74 Å². The van der Waals surface area contributed by atoms with Gasteiger partial charge in [0.15, 0.2) is 0 Å². The van der Waals surface area contributed by atoms with Crippen molar-refractivity contribution < 1.29 is 4.74 Å². The van der Waals surface area contributed by atoms with Gasteiger partial charge in [-0.3, -0.25) is 0 Å². The second-order valence-corrected chi connectivity index (χ2v) is 5.28. The quantitative estimate of drug-likeness (QED) is 0.793. The first-order valence-electron chi connectivity index (χ1n) is 6.89. The van der Waals surface area contributed by atoms with Crippen LogP contribution in [0.25, 0.3) is 0 Å². The van der Waals surface area contributed by atoms with E-state index in [0.29, 0.717) is 5.92 Å². The Kier molecular flexibility index (Phi) is 5.67. The molecule has 0 fully saturated rings. The maximum absolute atomic E-state index is 5.34. The molecule has 1 rings (SSSR count). The molecule has 0 spiro atoms. The summed E-state index contributed by atoms with van der Waals surface area (Å²) in [5.74, 6) is 1.51. The van der Waals surface area contributed by atoms with Crippen molar-refractivity contribution in [2.24, 2.45) is 5.41 Å². The fourth-order valence-electron chi connectivity index (χ4n) is 2.89. The fraction of sp³-hybridized carbons (Fsp3) is 0.625. The Balaban J connectivity index is 3.06. The van der Waals surface area contributed by atoms with Crippen LogP contribution in [0.4, 0.5) is 0 Å². The molecule has 0 saturated heterocycles. The zero-order valence-corrected chi connectivity index (χ0v) is 12.4. The average molecular weight is 249 g/mol. The summed E-state index contributed by atoms with van der Waals surface area (Å²) in [5, 5.41) is 3.34. The van der Waals surface area contributed by atoms with Gasteiger partial charge in [-0.25, -0.2) is 0 Å². The zero-order chi connectivity index (χ0) is 13.6. The van der Waals surface area contributed by atoms with Gasteiger partial charge in [-0.05, 0) is 48.9 Å². The van der Waals surface area contributed by atoms with Gasteiger partial charge in [0.2, 0.25) is 0 Å². The molecule has 2 atom stereocenters. The predicted octanol–water partition coefficient (Wildman–Crippen LogP) is 3.82. The minimum Gasteiger partial charge on any atom is -0.497 e. The minimum absolute atomic E-state index is 0.288. The number of benzene rings is 1. The fourth-order valence-corrected chi connectivity index (χ4v) is 2.89. The Labute approximate surface area is 112 Å². The highest BCUT2D eigenvalue weighted by Gasteiger charge is 2.31. The lowest BCUT2D eigenvalue weighted by Gasteiger charge is -2.37. The lowest BCUT2D eigenvalue weighted by molar-refractivity contribution is 0.229. The molecule has 0 aliphatic heterocycles. The highest BCUT2D eigenvalue weighted by Crippen LogP contribution is 2.41. The van der Waals surface area contributed by atoms with E-state index in [0.717, 1.165) is 18.7 Å². The van der Waals surface area contributed by atoms with Crippen molar-refractivity contribution in [3.8, 4) is 5.75 Å². The molecule has 18 heavy (non-hydrogen) atoms. The molecule has 0 radical (unpaired) electrons. The summed E-state index contributed by atoms with van der Waals surface area (Å²) in [4.78, 5) is 0. The lowest BCUT2D eigenvalue weighted by atomic mass is 9.70. The van der Waals surface area contributed by atoms with Crippen LogP contribution in [-0.4, -0.2) is 20.7 Å². The van der Waals surface area contributed by atoms with Gasteiger partial charge in [0.05, 0.1) is 7.11 Å². The summed E-state index contributed by atoms with van der Waals surface area (Å²) in [6.45, 7) is 7.96. The van der Waals surface area contributed by atoms with E-state index >= 15 is 0 Å². The van der Waals surface area contributed by atoms with E-state index in [1.807, 2.05) is 13.1 Å². The summed E-state index contributed by atoms with van der Waals surface area (Å²) in [6.07, 6.45) is 2.32. The van der Waals surface area contributed by atoms with Crippen molar-refractivity contribution in [3.63, 3.8) is 0 Å². The summed E-state index contributed by atoms with van der Waals surface area (Å²) >= 11 is 0. The molecular formula is C16H27NO. The third-order valence-electron chi connectivity index (χ3n) is 4.13. The normalized spacial score (nSPS) is 16.1. The smallest absolute Gasteiger partial charge is 0.119 e. The van der Waals surface area contributed by atoms with Gasteiger partial charge in [0.25, 0.3) is 0 Å². The Hall–Kier alpha value is -1.02. The number of methoxy groups -OCH3 is 1. The number of nitrogens with one attached hydrogen (secondary N) is 1. The van der Waals surface area contributed by atoms with E-state index in [2.05, 4.69) is 44.3 Å². The van der Waals surface area contributed by atoms with Crippen molar-refractivity contribution in [2.45, 2.75) is 39.5 Å². The number of ether oxygens (including phenoxy) is 1. The number of rotatable bonds is 7. The van der Waals surface area contributed by atoms with Crippen LogP contribution in [0.1, 0.15) is 45.1 Å². The molecule has 2 heteroatoms. The maximum atomic E-state index is 5.34. The van der Waals surface area contributed by atoms with Crippen molar-refractivity contribution in [2.75, 3.05) is 20.7 Å². The molecule has 0 aliphatic rings. The molecule has 0 aliphatic carbocycles. The topological polar surface area (TPSA) is 21.3 Å². The standard InChI is InChI=1S/C16H27NO/c1-6-15(16(3,7-2)12-17-4)13-9-8-10-14(11-13)18-5/h8-11,15,17H,6-7,12H2,1-5H3. The second kappa shape index (κ2) is 6.79. The van der Waals surface area contributed by atoms with Crippen LogP contribution in [-0.2, 0) is 0 Å². The third kappa shape index (κ3) is 3.26. The maximum Gasteiger partial charge on any atom is 0.119 e. The Morgan fingerprint density at radius 1 is 1.33 bits per heavy atom. The van der Waals surface area contributed by atoms with E-state index < -0.39 is 0 Å². The molecule has 0 amide bonds. The first-order chi connectivity index (χ1) is 8.61. The van der Waals surface area contributed by atoms with Gasteiger partial charge in [-0.15, -0.1) is 0 Å². The van der Waals surface area contributed by atoms with Crippen molar-refractivity contribution in [3.05, 3.63) is 29.8 Å². The van der Waals surface area contributed by atoms with Crippen molar-refractivity contribution >= 4 is 0 Å². The van der Waals surface area contributed by atoms with Crippen LogP contribution in [0.15, 0.2) is 24.3 Å². The molecule has 2 unspecified atom stereocenters. The minimum atomic E-state index is 0.288. The molecule has 102 valence electrons. The monoisotopic (exact) mass is 249 g/mol. The van der Waals surface area contributed by atoms with Crippen LogP contribution in [0.3, 0.4) is 0 Å². The molecule has 0 saturated carbocycles. The number of hydrogen-bond acceptors (Lipinski definition) is 2. The van der Waals surface area contributed by atoms with Crippen molar-refractivity contribution in [1.82, 2.24) is 5.32 Å². The lowest BCUT2D eigenvalue weighted by Crippen LogP contribution is -2.35. The largest absolute Gasteiger partial charge is 0.497 e. The summed E-state index contributed by atoms with van der Waals surface area (Å²) in [7, 11) is 3.76. The zero-order valence-electron chi connectivity index (χ0n) is 12.4. The molecular weight excluding hydrogens is 222 g/mol. The Morgan fingerprint density at radius 2 is 2.06 bits per heavy atom. The van der Waals surface area contributed by atoms with Gasteiger partial charge in [0.1, 0.15) is 5.75 Å². The third-order valence-corrected chi connectivity index (χ3v) is 4.13. The van der Waals surface area contributed by atoms with Crippen LogP contribution < -0.4 is 10.1 Å². The molecule has 2 nitrogen and oxygen atoms in total. The van der Waals surface area contributed by atoms with Crippen LogP contribution >= 0.6 is 0 Å². The first-order valence-corrected chi connectivity index (χ1v) is 6.89. The summed E-state index contributed by atoms with van der Waals surface area (Å²) in [6, 6.07) is 8.50. The second-order valence-electron chi connectivity index (χ2n) is 5.28. The van der Waals surface area contributed by atoms with Gasteiger partial charge >= 0.3 is 0 Å². The summed E-state index contributed by atoms with van der Waals surface area (Å²) < 4.78 is 5.34. The van der Waals surface area contributed by atoms with Gasteiger partial charge in [-0.1, -0.05) is 32.9 Å². The van der Waals surface area contributed by atoms with Gasteiger partial charge in [0, 0.05) is 6.54 Å². The van der Waals surface area contributed by atoms with Gasteiger partial charge < -0.3 is 10.1 Å². The molecule has 1 aromatic rings. The number of hydrogen-bond donors (Lipinski definition) is 1. The van der Waals surface area contributed by atoms with Crippen LogP contribution in [0.5, 0.6) is 5.75 Å². The SMILES string of the molecule is CCC(c1cccc(OC)c1)C(C)(CC)CNC. The van der Waals surface area contributed by atoms with Crippen LogP contribution in [0, 0.1) is 5.41 Å². The van der Waals surface area contributed by atoms with Crippen LogP contribution in [0.2, 0.25) is 0 Å².